The van der Waals surface area contributed by atoms with Gasteiger partial charge in [0.05, 0.1) is 22.4 Å². The summed E-state index contributed by atoms with van der Waals surface area (Å²) in [4.78, 5) is 49.5. The SMILES string of the molecule is CCCN1C(=O)c2ccc(C(=O)Nc3ccc([O-])cc3C(=O)O)cc2C1=O. The first-order chi connectivity index (χ1) is 12.8. The quantitative estimate of drug-likeness (QED) is 0.775. The summed E-state index contributed by atoms with van der Waals surface area (Å²) in [5, 5.41) is 22.9. The molecule has 0 fully saturated rings. The van der Waals surface area contributed by atoms with Gasteiger partial charge >= 0.3 is 5.97 Å². The van der Waals surface area contributed by atoms with Gasteiger partial charge in [0.1, 0.15) is 0 Å². The number of fused-ring (bicyclic) bond motifs is 1. The van der Waals surface area contributed by atoms with Crippen LogP contribution in [0.2, 0.25) is 0 Å². The minimum absolute atomic E-state index is 0.0392. The molecule has 2 N–H and O–H groups in total. The molecule has 2 aromatic carbocycles. The molecule has 1 aliphatic rings. The molecule has 0 saturated carbocycles. The lowest BCUT2D eigenvalue weighted by Crippen LogP contribution is -2.30. The molecular weight excluding hydrogens is 352 g/mol. The fourth-order valence-corrected chi connectivity index (χ4v) is 2.86. The smallest absolute Gasteiger partial charge is 0.337 e. The normalized spacial score (nSPS) is 12.9. The van der Waals surface area contributed by atoms with Crippen LogP contribution in [0.3, 0.4) is 0 Å². The van der Waals surface area contributed by atoms with Gasteiger partial charge < -0.3 is 15.5 Å². The fraction of sp³-hybridized carbons (Fsp3) is 0.158. The Kier molecular flexibility index (Phi) is 4.64. The highest BCUT2D eigenvalue weighted by Gasteiger charge is 2.35. The number of rotatable bonds is 5. The zero-order chi connectivity index (χ0) is 19.7. The lowest BCUT2D eigenvalue weighted by Gasteiger charge is -2.12. The van der Waals surface area contributed by atoms with Gasteiger partial charge in [-0.05, 0) is 30.7 Å². The van der Waals surface area contributed by atoms with Crippen molar-refractivity contribution in [2.75, 3.05) is 11.9 Å². The van der Waals surface area contributed by atoms with Crippen LogP contribution in [-0.2, 0) is 0 Å². The number of carboxylic acids is 1. The third kappa shape index (κ3) is 3.24. The van der Waals surface area contributed by atoms with E-state index in [2.05, 4.69) is 5.32 Å². The van der Waals surface area contributed by atoms with Crippen molar-refractivity contribution >= 4 is 29.4 Å². The van der Waals surface area contributed by atoms with E-state index in [9.17, 15) is 24.3 Å². The van der Waals surface area contributed by atoms with Crippen LogP contribution in [0.25, 0.3) is 0 Å². The van der Waals surface area contributed by atoms with Crippen molar-refractivity contribution in [1.29, 1.82) is 0 Å². The lowest BCUT2D eigenvalue weighted by atomic mass is 10.0. The number of aromatic carboxylic acids is 1. The molecular formula is C19H15N2O6-. The van der Waals surface area contributed by atoms with Crippen LogP contribution in [0.4, 0.5) is 5.69 Å². The van der Waals surface area contributed by atoms with Gasteiger partial charge in [-0.1, -0.05) is 19.1 Å². The molecule has 0 aromatic heterocycles. The second-order valence-corrected chi connectivity index (χ2v) is 5.99. The number of imide groups is 1. The summed E-state index contributed by atoms with van der Waals surface area (Å²) in [5.41, 5.74) is 0.0807. The molecule has 27 heavy (non-hydrogen) atoms. The van der Waals surface area contributed by atoms with Crippen LogP contribution in [0.1, 0.15) is 54.8 Å². The molecule has 3 rings (SSSR count). The molecule has 0 spiro atoms. The highest BCUT2D eigenvalue weighted by atomic mass is 16.4. The summed E-state index contributed by atoms with van der Waals surface area (Å²) in [6.45, 7) is 2.13. The Bertz CT molecular complexity index is 982. The minimum Gasteiger partial charge on any atom is -0.872 e. The highest BCUT2D eigenvalue weighted by molar-refractivity contribution is 6.22. The van der Waals surface area contributed by atoms with E-state index in [1.807, 2.05) is 6.92 Å². The summed E-state index contributed by atoms with van der Waals surface area (Å²) in [6.07, 6.45) is 0.618. The number of carboxylic acid groups (broad SMARTS) is 1. The van der Waals surface area contributed by atoms with Gasteiger partial charge in [-0.25, -0.2) is 4.79 Å². The van der Waals surface area contributed by atoms with Gasteiger partial charge in [0.25, 0.3) is 17.7 Å². The first-order valence-corrected chi connectivity index (χ1v) is 8.19. The number of nitrogens with zero attached hydrogens (tertiary/aromatic N) is 1. The van der Waals surface area contributed by atoms with E-state index in [0.717, 1.165) is 17.0 Å². The lowest BCUT2D eigenvalue weighted by molar-refractivity contribution is -0.268. The van der Waals surface area contributed by atoms with Crippen molar-refractivity contribution in [1.82, 2.24) is 4.90 Å². The third-order valence-electron chi connectivity index (χ3n) is 4.15. The topological polar surface area (TPSA) is 127 Å². The van der Waals surface area contributed by atoms with E-state index in [-0.39, 0.29) is 34.5 Å². The van der Waals surface area contributed by atoms with Crippen LogP contribution < -0.4 is 10.4 Å². The van der Waals surface area contributed by atoms with E-state index in [4.69, 9.17) is 5.11 Å². The minimum atomic E-state index is -1.35. The maximum absolute atomic E-state index is 12.5. The van der Waals surface area contributed by atoms with Crippen molar-refractivity contribution in [2.24, 2.45) is 0 Å². The molecule has 138 valence electrons. The van der Waals surface area contributed by atoms with Crippen LogP contribution in [0.5, 0.6) is 5.75 Å². The molecule has 1 heterocycles. The number of carbonyl (C=O) groups excluding carboxylic acids is 3. The molecule has 0 atom stereocenters. The van der Waals surface area contributed by atoms with Crippen LogP contribution in [0, 0.1) is 0 Å². The molecule has 8 nitrogen and oxygen atoms in total. The van der Waals surface area contributed by atoms with Gasteiger partial charge in [0.2, 0.25) is 0 Å². The summed E-state index contributed by atoms with van der Waals surface area (Å²) in [7, 11) is 0. The summed E-state index contributed by atoms with van der Waals surface area (Å²) < 4.78 is 0. The van der Waals surface area contributed by atoms with Crippen LogP contribution in [0.15, 0.2) is 36.4 Å². The Balaban J connectivity index is 1.90. The van der Waals surface area contributed by atoms with Gasteiger partial charge in [0.15, 0.2) is 0 Å². The van der Waals surface area contributed by atoms with Crippen LogP contribution in [-0.4, -0.2) is 40.2 Å². The number of hydrogen-bond acceptors (Lipinski definition) is 5. The second-order valence-electron chi connectivity index (χ2n) is 5.99. The van der Waals surface area contributed by atoms with E-state index < -0.39 is 29.4 Å². The maximum Gasteiger partial charge on any atom is 0.337 e. The fourth-order valence-electron chi connectivity index (χ4n) is 2.86. The van der Waals surface area contributed by atoms with Crippen molar-refractivity contribution < 1.29 is 29.4 Å². The Hall–Kier alpha value is -3.68. The Morgan fingerprint density at radius 1 is 1.07 bits per heavy atom. The molecule has 2 aromatic rings. The van der Waals surface area contributed by atoms with Gasteiger partial charge in [-0.2, -0.15) is 0 Å². The maximum atomic E-state index is 12.5. The zero-order valence-corrected chi connectivity index (χ0v) is 14.3. The predicted octanol–water partition coefficient (Wildman–Crippen LogP) is 1.72. The van der Waals surface area contributed by atoms with Gasteiger partial charge in [-0.3, -0.25) is 19.3 Å². The van der Waals surface area contributed by atoms with Gasteiger partial charge in [-0.15, -0.1) is 5.75 Å². The second kappa shape index (κ2) is 6.91. The molecule has 1 aliphatic heterocycles. The summed E-state index contributed by atoms with van der Waals surface area (Å²) in [5.74, 6) is -3.37. The van der Waals surface area contributed by atoms with E-state index in [0.29, 0.717) is 6.42 Å². The Morgan fingerprint density at radius 3 is 2.44 bits per heavy atom. The number of anilines is 1. The molecule has 3 amide bonds. The Labute approximate surface area is 154 Å². The molecule has 0 saturated heterocycles. The molecule has 0 aliphatic carbocycles. The number of carbonyl (C=O) groups is 4. The largest absolute Gasteiger partial charge is 0.872 e. The monoisotopic (exact) mass is 367 g/mol. The average Bonchev–Trinajstić information content (AvgIpc) is 2.87. The van der Waals surface area contributed by atoms with Crippen molar-refractivity contribution in [3.05, 3.63) is 58.7 Å². The van der Waals surface area contributed by atoms with E-state index in [1.165, 1.54) is 24.3 Å². The molecule has 0 radical (unpaired) electrons. The third-order valence-corrected chi connectivity index (χ3v) is 4.15. The molecule has 0 unspecified atom stereocenters. The zero-order valence-electron chi connectivity index (χ0n) is 14.3. The van der Waals surface area contributed by atoms with E-state index in [1.54, 1.807) is 0 Å². The molecule has 0 bridgehead atoms. The first-order valence-electron chi connectivity index (χ1n) is 8.19. The van der Waals surface area contributed by atoms with E-state index >= 15 is 0 Å². The van der Waals surface area contributed by atoms with Crippen molar-refractivity contribution in [3.8, 4) is 5.75 Å². The molecule has 8 heteroatoms. The standard InChI is InChI=1S/C19H16N2O6/c1-2-7-21-17(24)12-5-3-10(8-13(12)18(21)25)16(23)20-15-6-4-11(22)9-14(15)19(26)27/h3-6,8-9,22H,2,7H2,1H3,(H,20,23)(H,26,27)/p-1. The van der Waals surface area contributed by atoms with Crippen molar-refractivity contribution in [3.63, 3.8) is 0 Å². The predicted molar refractivity (Wildman–Crippen MR) is 92.9 cm³/mol. The highest BCUT2D eigenvalue weighted by Crippen LogP contribution is 2.25. The number of nitrogens with one attached hydrogen (secondary N) is 1. The number of amides is 3. The summed E-state index contributed by atoms with van der Waals surface area (Å²) >= 11 is 0. The number of hydrogen-bond donors (Lipinski definition) is 2. The number of benzene rings is 2. The van der Waals surface area contributed by atoms with Crippen LogP contribution >= 0.6 is 0 Å². The summed E-state index contributed by atoms with van der Waals surface area (Å²) in [6, 6.07) is 7.34. The first kappa shape index (κ1) is 18.1. The van der Waals surface area contributed by atoms with Crippen molar-refractivity contribution in [2.45, 2.75) is 13.3 Å². The Morgan fingerprint density at radius 2 is 1.78 bits per heavy atom. The average molecular weight is 367 g/mol. The van der Waals surface area contributed by atoms with Gasteiger partial charge in [0, 0.05) is 12.1 Å².